The number of carbonyl (C=O) groups is 2. The van der Waals surface area contributed by atoms with E-state index in [9.17, 15) is 14.7 Å². The fraction of sp³-hybridized carbons (Fsp3) is 0.286. The quantitative estimate of drug-likeness (QED) is 0.454. The van der Waals surface area contributed by atoms with E-state index < -0.39 is 42.6 Å². The lowest BCUT2D eigenvalue weighted by Gasteiger charge is -2.42. The van der Waals surface area contributed by atoms with Crippen LogP contribution in [0, 0.1) is 0 Å². The number of benzene rings is 3. The zero-order valence-corrected chi connectivity index (χ0v) is 19.8. The van der Waals surface area contributed by atoms with Crippen LogP contribution in [0.5, 0.6) is 0 Å². The molecule has 0 amide bonds. The predicted octanol–water partition coefficient (Wildman–Crippen LogP) is 3.39. The lowest BCUT2D eigenvalue weighted by molar-refractivity contribution is -0.295. The summed E-state index contributed by atoms with van der Waals surface area (Å²) < 4.78 is 28.4. The van der Waals surface area contributed by atoms with Gasteiger partial charge in [0.1, 0.15) is 12.2 Å². The first-order valence-electron chi connectivity index (χ1n) is 11.6. The highest BCUT2D eigenvalue weighted by atomic mass is 16.7. The second kappa shape index (κ2) is 12.4. The van der Waals surface area contributed by atoms with Gasteiger partial charge in [0.2, 0.25) is 0 Å². The van der Waals surface area contributed by atoms with Gasteiger partial charge in [-0.25, -0.2) is 9.59 Å². The maximum absolute atomic E-state index is 12.9. The average molecular weight is 493 g/mol. The molecule has 0 bridgehead atoms. The molecular formula is C28H28O8. The molecule has 8 nitrogen and oxygen atoms in total. The van der Waals surface area contributed by atoms with Crippen LogP contribution in [0.4, 0.5) is 0 Å². The third-order valence-corrected chi connectivity index (χ3v) is 5.75. The van der Waals surface area contributed by atoms with Crippen molar-refractivity contribution >= 4 is 11.9 Å². The second-order valence-electron chi connectivity index (χ2n) is 8.24. The van der Waals surface area contributed by atoms with Crippen LogP contribution in [-0.2, 0) is 30.3 Å². The Balaban J connectivity index is 1.53. The van der Waals surface area contributed by atoms with Crippen molar-refractivity contribution in [2.24, 2.45) is 0 Å². The molecule has 0 spiro atoms. The summed E-state index contributed by atoms with van der Waals surface area (Å²) in [6.07, 6.45) is -5.86. The van der Waals surface area contributed by atoms with E-state index >= 15 is 0 Å². The number of aliphatic hydroxyl groups excluding tert-OH is 1. The van der Waals surface area contributed by atoms with Crippen LogP contribution in [0.3, 0.4) is 0 Å². The van der Waals surface area contributed by atoms with Crippen LogP contribution >= 0.6 is 0 Å². The van der Waals surface area contributed by atoms with Crippen LogP contribution in [-0.4, -0.2) is 61.5 Å². The summed E-state index contributed by atoms with van der Waals surface area (Å²) in [5.41, 5.74) is 1.53. The molecule has 0 aliphatic carbocycles. The SMILES string of the molecule is CO[C@H]1OC(COCc2ccccc2)[C@@H](O)C(OC(=O)c2ccccc2)C1OC(=O)c1ccccc1. The molecule has 4 rings (SSSR count). The average Bonchev–Trinajstić information content (AvgIpc) is 2.93. The third-order valence-electron chi connectivity index (χ3n) is 5.75. The first-order chi connectivity index (χ1) is 17.6. The van der Waals surface area contributed by atoms with E-state index in [1.165, 1.54) is 7.11 Å². The maximum atomic E-state index is 12.9. The van der Waals surface area contributed by atoms with E-state index in [1.807, 2.05) is 30.3 Å². The number of ether oxygens (including phenoxy) is 5. The van der Waals surface area contributed by atoms with Gasteiger partial charge in [0.25, 0.3) is 0 Å². The van der Waals surface area contributed by atoms with Crippen molar-refractivity contribution in [3.63, 3.8) is 0 Å². The summed E-state index contributed by atoms with van der Waals surface area (Å²) in [5.74, 6) is -1.35. The number of rotatable bonds is 9. The fourth-order valence-electron chi connectivity index (χ4n) is 3.88. The van der Waals surface area contributed by atoms with E-state index in [4.69, 9.17) is 23.7 Å². The van der Waals surface area contributed by atoms with E-state index in [1.54, 1.807) is 60.7 Å². The Hall–Kier alpha value is -3.56. The van der Waals surface area contributed by atoms with Gasteiger partial charge in [-0.1, -0.05) is 66.7 Å². The molecule has 3 aromatic carbocycles. The van der Waals surface area contributed by atoms with Crippen molar-refractivity contribution in [1.29, 1.82) is 0 Å². The van der Waals surface area contributed by atoms with Gasteiger partial charge in [0.15, 0.2) is 18.5 Å². The van der Waals surface area contributed by atoms with E-state index in [-0.39, 0.29) is 12.2 Å². The third kappa shape index (κ3) is 6.35. The molecule has 0 aromatic heterocycles. The lowest BCUT2D eigenvalue weighted by atomic mass is 9.98. The van der Waals surface area contributed by atoms with Crippen LogP contribution in [0.2, 0.25) is 0 Å². The Labute approximate surface area is 209 Å². The molecule has 5 atom stereocenters. The molecule has 8 heteroatoms. The van der Waals surface area contributed by atoms with Gasteiger partial charge in [-0.15, -0.1) is 0 Å². The first-order valence-corrected chi connectivity index (χ1v) is 11.6. The Bertz CT molecular complexity index is 1110. The van der Waals surface area contributed by atoms with Gasteiger partial charge >= 0.3 is 11.9 Å². The Morgan fingerprint density at radius 1 is 0.778 bits per heavy atom. The molecule has 1 saturated heterocycles. The molecule has 1 heterocycles. The van der Waals surface area contributed by atoms with Crippen LogP contribution in [0.1, 0.15) is 26.3 Å². The number of hydrogen-bond acceptors (Lipinski definition) is 8. The monoisotopic (exact) mass is 492 g/mol. The zero-order valence-electron chi connectivity index (χ0n) is 19.8. The molecule has 1 fully saturated rings. The van der Waals surface area contributed by atoms with Gasteiger partial charge in [-0.05, 0) is 29.8 Å². The topological polar surface area (TPSA) is 101 Å². The molecule has 0 radical (unpaired) electrons. The number of carbonyl (C=O) groups excluding carboxylic acids is 2. The van der Waals surface area contributed by atoms with Crippen molar-refractivity contribution in [2.75, 3.05) is 13.7 Å². The Morgan fingerprint density at radius 3 is 1.81 bits per heavy atom. The van der Waals surface area contributed by atoms with Crippen molar-refractivity contribution < 1.29 is 38.4 Å². The Kier molecular flexibility index (Phi) is 8.80. The summed E-state index contributed by atoms with van der Waals surface area (Å²) in [5, 5.41) is 11.2. The van der Waals surface area contributed by atoms with Gasteiger partial charge < -0.3 is 28.8 Å². The van der Waals surface area contributed by atoms with Crippen molar-refractivity contribution in [3.8, 4) is 0 Å². The highest BCUT2D eigenvalue weighted by molar-refractivity contribution is 5.90. The minimum atomic E-state index is -1.35. The van der Waals surface area contributed by atoms with Gasteiger partial charge in [0.05, 0.1) is 24.3 Å². The summed E-state index contributed by atoms with van der Waals surface area (Å²) >= 11 is 0. The number of hydrogen-bond donors (Lipinski definition) is 1. The minimum absolute atomic E-state index is 0.00530. The molecule has 1 aliphatic rings. The highest BCUT2D eigenvalue weighted by Crippen LogP contribution is 2.28. The summed E-state index contributed by atoms with van der Waals surface area (Å²) in [6.45, 7) is 0.292. The van der Waals surface area contributed by atoms with Gasteiger partial charge in [0, 0.05) is 7.11 Å². The number of methoxy groups -OCH3 is 1. The van der Waals surface area contributed by atoms with E-state index in [0.29, 0.717) is 12.2 Å². The van der Waals surface area contributed by atoms with Gasteiger partial charge in [-0.3, -0.25) is 0 Å². The second-order valence-corrected chi connectivity index (χ2v) is 8.24. The molecule has 3 aromatic rings. The van der Waals surface area contributed by atoms with E-state index in [2.05, 4.69) is 0 Å². The molecule has 0 saturated carbocycles. The molecular weight excluding hydrogens is 464 g/mol. The number of aliphatic hydroxyl groups is 1. The van der Waals surface area contributed by atoms with Gasteiger partial charge in [-0.2, -0.15) is 0 Å². The first kappa shape index (κ1) is 25.5. The predicted molar refractivity (Wildman–Crippen MR) is 129 cm³/mol. The standard InChI is InChI=1S/C28H28O8/c1-32-28-25(36-27(31)21-15-9-4-10-16-21)24(35-26(30)20-13-7-3-8-14-20)23(29)22(34-28)18-33-17-19-11-5-2-6-12-19/h2-16,22-25,28-29H,17-18H2,1H3/t22?,23-,24?,25?,28+/m1/s1. The summed E-state index contributed by atoms with van der Waals surface area (Å²) in [6, 6.07) is 26.2. The molecule has 3 unspecified atom stereocenters. The minimum Gasteiger partial charge on any atom is -0.452 e. The molecule has 188 valence electrons. The maximum Gasteiger partial charge on any atom is 0.338 e. The molecule has 1 N–H and O–H groups in total. The van der Waals surface area contributed by atoms with Crippen LogP contribution < -0.4 is 0 Å². The normalized spacial score (nSPS) is 23.6. The van der Waals surface area contributed by atoms with Crippen LogP contribution in [0.25, 0.3) is 0 Å². The smallest absolute Gasteiger partial charge is 0.338 e. The molecule has 36 heavy (non-hydrogen) atoms. The highest BCUT2D eigenvalue weighted by Gasteiger charge is 2.50. The Morgan fingerprint density at radius 2 is 1.28 bits per heavy atom. The summed E-state index contributed by atoms with van der Waals surface area (Å²) in [4.78, 5) is 25.7. The van der Waals surface area contributed by atoms with Crippen molar-refractivity contribution in [2.45, 2.75) is 37.3 Å². The van der Waals surface area contributed by atoms with E-state index in [0.717, 1.165) is 5.56 Å². The molecule has 1 aliphatic heterocycles. The largest absolute Gasteiger partial charge is 0.452 e. The summed E-state index contributed by atoms with van der Waals surface area (Å²) in [7, 11) is 1.38. The fourth-order valence-corrected chi connectivity index (χ4v) is 3.88. The zero-order chi connectivity index (χ0) is 25.3. The van der Waals surface area contributed by atoms with Crippen molar-refractivity contribution in [1.82, 2.24) is 0 Å². The lowest BCUT2D eigenvalue weighted by Crippen LogP contribution is -2.61. The number of esters is 2. The van der Waals surface area contributed by atoms with Crippen LogP contribution in [0.15, 0.2) is 91.0 Å². The van der Waals surface area contributed by atoms with Crippen molar-refractivity contribution in [3.05, 3.63) is 108 Å².